The minimum absolute atomic E-state index is 0.170. The summed E-state index contributed by atoms with van der Waals surface area (Å²) >= 11 is 0. The van der Waals surface area contributed by atoms with Crippen molar-refractivity contribution >= 4 is 23.2 Å². The third-order valence-electron chi connectivity index (χ3n) is 9.19. The number of carbonyl (C=O) groups excluding carboxylic acids is 2. The van der Waals surface area contributed by atoms with Crippen molar-refractivity contribution in [3.05, 3.63) is 95.1 Å². The number of nitrogens with zero attached hydrogens (tertiary/aromatic N) is 2. The number of unbranched alkanes of at least 4 members (excludes halogenated alkanes) is 9. The number of hydrogen-bond acceptors (Lipinski definition) is 4. The van der Waals surface area contributed by atoms with E-state index in [0.717, 1.165) is 53.2 Å². The zero-order chi connectivity index (χ0) is 33.2. The van der Waals surface area contributed by atoms with Crippen LogP contribution >= 0.6 is 0 Å². The summed E-state index contributed by atoms with van der Waals surface area (Å²) in [4.78, 5) is 30.5. The third-order valence-corrected chi connectivity index (χ3v) is 9.19. The molecular formula is C41H50N2O4. The largest absolute Gasteiger partial charge is 0.494 e. The second-order valence-corrected chi connectivity index (χ2v) is 12.7. The van der Waals surface area contributed by atoms with Gasteiger partial charge in [-0.05, 0) is 71.5 Å². The second-order valence-electron chi connectivity index (χ2n) is 12.7. The van der Waals surface area contributed by atoms with Gasteiger partial charge in [-0.1, -0.05) is 108 Å². The maximum Gasteiger partial charge on any atom is 0.261 e. The van der Waals surface area contributed by atoms with Crippen LogP contribution in [0.25, 0.3) is 22.5 Å². The third kappa shape index (κ3) is 7.98. The molecule has 0 bridgehead atoms. The molecule has 0 atom stereocenters. The average Bonchev–Trinajstić information content (AvgIpc) is 3.50. The Kier molecular flexibility index (Phi) is 11.9. The molecule has 3 aromatic rings. The predicted molar refractivity (Wildman–Crippen MR) is 191 cm³/mol. The minimum atomic E-state index is -0.170. The fourth-order valence-corrected chi connectivity index (χ4v) is 6.44. The molecule has 2 aliphatic rings. The van der Waals surface area contributed by atoms with E-state index in [2.05, 4.69) is 26.0 Å². The molecule has 0 spiro atoms. The Labute approximate surface area is 281 Å². The molecule has 0 aromatic heterocycles. The monoisotopic (exact) mass is 634 g/mol. The van der Waals surface area contributed by atoms with Crippen molar-refractivity contribution in [2.45, 2.75) is 84.5 Å². The summed E-state index contributed by atoms with van der Waals surface area (Å²) < 4.78 is 11.9. The van der Waals surface area contributed by atoms with Crippen LogP contribution in [0.1, 0.15) is 95.6 Å². The van der Waals surface area contributed by atoms with Gasteiger partial charge >= 0.3 is 0 Å². The van der Waals surface area contributed by atoms with Gasteiger partial charge in [0.05, 0.1) is 35.8 Å². The highest BCUT2D eigenvalue weighted by Gasteiger charge is 2.46. The highest BCUT2D eigenvalue weighted by Crippen LogP contribution is 2.45. The summed E-state index contributed by atoms with van der Waals surface area (Å²) in [5.74, 6) is 1.34. The van der Waals surface area contributed by atoms with Gasteiger partial charge in [0.25, 0.3) is 11.8 Å². The molecule has 2 aliphatic heterocycles. The molecule has 47 heavy (non-hydrogen) atoms. The Morgan fingerprint density at radius 3 is 1.17 bits per heavy atom. The van der Waals surface area contributed by atoms with E-state index >= 15 is 0 Å². The van der Waals surface area contributed by atoms with Gasteiger partial charge in [0.2, 0.25) is 0 Å². The van der Waals surface area contributed by atoms with Crippen LogP contribution in [0.5, 0.6) is 11.5 Å². The number of fused-ring (bicyclic) bond motifs is 1. The molecule has 2 heterocycles. The summed E-state index contributed by atoms with van der Waals surface area (Å²) in [6.45, 7) is 5.89. The number of carbonyl (C=O) groups is 2. The smallest absolute Gasteiger partial charge is 0.261 e. The number of hydrogen-bond donors (Lipinski definition) is 0. The van der Waals surface area contributed by atoms with Gasteiger partial charge in [-0.3, -0.25) is 9.59 Å². The van der Waals surface area contributed by atoms with Crippen LogP contribution < -0.4 is 9.47 Å². The van der Waals surface area contributed by atoms with Gasteiger partial charge in [0.15, 0.2) is 0 Å². The summed E-state index contributed by atoms with van der Waals surface area (Å²) in [5.41, 5.74) is 5.99. The number of amides is 2. The van der Waals surface area contributed by atoms with Gasteiger partial charge < -0.3 is 19.3 Å². The number of ether oxygens (including phenoxy) is 2. The Hall–Kier alpha value is -4.32. The van der Waals surface area contributed by atoms with Crippen molar-refractivity contribution < 1.29 is 19.1 Å². The molecule has 0 saturated carbocycles. The number of benzene rings is 3. The van der Waals surface area contributed by atoms with Crippen LogP contribution in [0.15, 0.2) is 83.9 Å². The summed E-state index contributed by atoms with van der Waals surface area (Å²) in [7, 11) is 3.49. The van der Waals surface area contributed by atoms with E-state index in [1.807, 2.05) is 60.7 Å². The second kappa shape index (κ2) is 16.5. The lowest BCUT2D eigenvalue weighted by Gasteiger charge is -2.20. The van der Waals surface area contributed by atoms with Crippen molar-refractivity contribution in [3.8, 4) is 22.6 Å². The minimum Gasteiger partial charge on any atom is -0.494 e. The van der Waals surface area contributed by atoms with E-state index in [-0.39, 0.29) is 11.8 Å². The SMILES string of the molecule is CCCCCCCCOc1ccc(C2=C3C(=O)N(C)C(c4ccc(-c5ccc(OCCCCCCC)cc5)cc4)=C3C(=O)N2C)cc1. The van der Waals surface area contributed by atoms with E-state index in [1.54, 1.807) is 23.9 Å². The zero-order valence-corrected chi connectivity index (χ0v) is 28.6. The molecule has 6 nitrogen and oxygen atoms in total. The first kappa shape index (κ1) is 34.0. The summed E-state index contributed by atoms with van der Waals surface area (Å²) in [5, 5.41) is 0. The molecule has 0 saturated heterocycles. The van der Waals surface area contributed by atoms with Crippen LogP contribution in [0.4, 0.5) is 0 Å². The van der Waals surface area contributed by atoms with Crippen LogP contribution in [-0.2, 0) is 9.59 Å². The first-order valence-electron chi connectivity index (χ1n) is 17.6. The van der Waals surface area contributed by atoms with Crippen molar-refractivity contribution in [2.24, 2.45) is 0 Å². The zero-order valence-electron chi connectivity index (χ0n) is 28.6. The quantitative estimate of drug-likeness (QED) is 0.131. The van der Waals surface area contributed by atoms with Crippen LogP contribution in [-0.4, -0.2) is 48.9 Å². The predicted octanol–water partition coefficient (Wildman–Crippen LogP) is 9.51. The first-order chi connectivity index (χ1) is 22.9. The topological polar surface area (TPSA) is 59.1 Å². The fourth-order valence-electron chi connectivity index (χ4n) is 6.44. The van der Waals surface area contributed by atoms with Gasteiger partial charge in [-0.2, -0.15) is 0 Å². The van der Waals surface area contributed by atoms with Crippen LogP contribution in [0.2, 0.25) is 0 Å². The number of likely N-dealkylation sites (N-methyl/N-ethyl adjacent to an activating group) is 2. The highest BCUT2D eigenvalue weighted by molar-refractivity contribution is 6.30. The molecule has 0 N–H and O–H groups in total. The van der Waals surface area contributed by atoms with Crippen molar-refractivity contribution in [2.75, 3.05) is 27.3 Å². The average molecular weight is 635 g/mol. The molecule has 5 rings (SSSR count). The first-order valence-corrected chi connectivity index (χ1v) is 17.6. The lowest BCUT2D eigenvalue weighted by Crippen LogP contribution is -2.25. The maximum absolute atomic E-state index is 13.7. The van der Waals surface area contributed by atoms with E-state index in [9.17, 15) is 9.59 Å². The van der Waals surface area contributed by atoms with E-state index in [4.69, 9.17) is 9.47 Å². The molecule has 2 amide bonds. The van der Waals surface area contributed by atoms with Crippen LogP contribution in [0, 0.1) is 0 Å². The Bertz CT molecular complexity index is 1570. The number of rotatable bonds is 18. The van der Waals surface area contributed by atoms with Crippen molar-refractivity contribution in [1.29, 1.82) is 0 Å². The lowest BCUT2D eigenvalue weighted by atomic mass is 9.99. The molecule has 0 aliphatic carbocycles. The van der Waals surface area contributed by atoms with Crippen molar-refractivity contribution in [3.63, 3.8) is 0 Å². The van der Waals surface area contributed by atoms with E-state index in [0.29, 0.717) is 29.1 Å². The van der Waals surface area contributed by atoms with Crippen LogP contribution in [0.3, 0.4) is 0 Å². The van der Waals surface area contributed by atoms with E-state index in [1.165, 1.54) is 57.8 Å². The van der Waals surface area contributed by atoms with E-state index < -0.39 is 0 Å². The molecule has 6 heteroatoms. The van der Waals surface area contributed by atoms with Gasteiger partial charge in [-0.15, -0.1) is 0 Å². The fraction of sp³-hybridized carbons (Fsp3) is 0.415. The summed E-state index contributed by atoms with van der Waals surface area (Å²) in [6, 6.07) is 24.0. The van der Waals surface area contributed by atoms with Crippen molar-refractivity contribution in [1.82, 2.24) is 9.80 Å². The Morgan fingerprint density at radius 1 is 0.447 bits per heavy atom. The molecule has 248 valence electrons. The van der Waals surface area contributed by atoms with Gasteiger partial charge in [0.1, 0.15) is 11.5 Å². The Morgan fingerprint density at radius 2 is 0.766 bits per heavy atom. The highest BCUT2D eigenvalue weighted by atomic mass is 16.5. The molecule has 3 aromatic carbocycles. The Balaban J connectivity index is 1.28. The summed E-state index contributed by atoms with van der Waals surface area (Å²) in [6.07, 6.45) is 13.4. The standard InChI is InChI=1S/C41H50N2O4/c1-5-7-9-11-13-15-29-47-35-26-22-33(23-27-35)39-37-36(40(44)43(39)4)38(42(3)41(37)45)32-18-16-30(17-19-32)31-20-24-34(25-21-31)46-28-14-12-10-8-6-2/h16-27H,5-15,28-29H2,1-4H3. The van der Waals surface area contributed by atoms with Gasteiger partial charge in [0, 0.05) is 14.1 Å². The normalized spacial score (nSPS) is 14.5. The molecule has 0 unspecified atom stereocenters. The van der Waals surface area contributed by atoms with Gasteiger partial charge in [-0.25, -0.2) is 0 Å². The lowest BCUT2D eigenvalue weighted by molar-refractivity contribution is -0.123. The molecule has 0 fully saturated rings. The molecule has 0 radical (unpaired) electrons. The molecular weight excluding hydrogens is 584 g/mol. The maximum atomic E-state index is 13.7.